The maximum absolute atomic E-state index is 6.35. The summed E-state index contributed by atoms with van der Waals surface area (Å²) in [6, 6.07) is 13.4. The van der Waals surface area contributed by atoms with Crippen molar-refractivity contribution in [3.63, 3.8) is 0 Å². The summed E-state index contributed by atoms with van der Waals surface area (Å²) in [4.78, 5) is 4.52. The molecule has 3 heteroatoms. The number of hydrogen-bond acceptors (Lipinski definition) is 1. The molecule has 0 fully saturated rings. The van der Waals surface area contributed by atoms with Crippen molar-refractivity contribution < 1.29 is 0 Å². The lowest BCUT2D eigenvalue weighted by Crippen LogP contribution is -1.85. The Morgan fingerprint density at radius 3 is 2.44 bits per heavy atom. The molecule has 3 rings (SSSR count). The van der Waals surface area contributed by atoms with Gasteiger partial charge in [-0.3, -0.25) is 0 Å². The molecule has 0 saturated heterocycles. The Labute approximate surface area is 103 Å². The molecular formula is C13H7Cl2N. The predicted molar refractivity (Wildman–Crippen MR) is 69.3 cm³/mol. The van der Waals surface area contributed by atoms with Crippen LogP contribution in [0.1, 0.15) is 0 Å². The number of aromatic nitrogens is 1. The molecule has 3 aromatic rings. The van der Waals surface area contributed by atoms with Crippen molar-refractivity contribution in [2.24, 2.45) is 0 Å². The van der Waals surface area contributed by atoms with E-state index in [0.717, 1.165) is 21.8 Å². The normalized spacial score (nSPS) is 11.1. The molecule has 1 heterocycles. The Balaban J connectivity index is 2.61. The highest BCUT2D eigenvalue weighted by molar-refractivity contribution is 6.42. The van der Waals surface area contributed by atoms with Gasteiger partial charge in [0.15, 0.2) is 0 Å². The van der Waals surface area contributed by atoms with Crippen molar-refractivity contribution in [1.82, 2.24) is 4.98 Å². The molecule has 0 saturated carbocycles. The zero-order chi connectivity index (χ0) is 11.1. The van der Waals surface area contributed by atoms with E-state index in [1.54, 1.807) is 0 Å². The first kappa shape index (κ1) is 9.88. The van der Waals surface area contributed by atoms with Crippen LogP contribution in [0.15, 0.2) is 42.5 Å². The van der Waals surface area contributed by atoms with Crippen molar-refractivity contribution in [2.75, 3.05) is 0 Å². The molecular weight excluding hydrogens is 241 g/mol. The van der Waals surface area contributed by atoms with E-state index in [-0.39, 0.29) is 0 Å². The molecule has 0 atom stereocenters. The van der Waals surface area contributed by atoms with Crippen LogP contribution in [0.25, 0.3) is 21.8 Å². The van der Waals surface area contributed by atoms with Crippen molar-refractivity contribution in [1.29, 1.82) is 0 Å². The molecule has 0 radical (unpaired) electrons. The summed E-state index contributed by atoms with van der Waals surface area (Å²) in [7, 11) is 0. The van der Waals surface area contributed by atoms with Gasteiger partial charge >= 0.3 is 0 Å². The highest BCUT2D eigenvalue weighted by Crippen LogP contribution is 2.32. The van der Waals surface area contributed by atoms with Crippen molar-refractivity contribution >= 4 is 45.0 Å². The molecule has 0 aliphatic heterocycles. The van der Waals surface area contributed by atoms with Crippen LogP contribution in [-0.2, 0) is 0 Å². The molecule has 16 heavy (non-hydrogen) atoms. The number of halogens is 2. The number of fused-ring (bicyclic) bond motifs is 2. The zero-order valence-corrected chi connectivity index (χ0v) is 9.76. The van der Waals surface area contributed by atoms with Crippen molar-refractivity contribution in [3.8, 4) is 0 Å². The summed E-state index contributed by atoms with van der Waals surface area (Å²) >= 11 is 12.5. The van der Waals surface area contributed by atoms with Gasteiger partial charge in [-0.05, 0) is 12.1 Å². The zero-order valence-electron chi connectivity index (χ0n) is 8.24. The molecule has 0 bridgehead atoms. The fraction of sp³-hybridized carbons (Fsp3) is 0. The van der Waals surface area contributed by atoms with Crippen LogP contribution in [0.4, 0.5) is 0 Å². The van der Waals surface area contributed by atoms with Gasteiger partial charge in [-0.2, -0.15) is 0 Å². The Kier molecular flexibility index (Phi) is 2.23. The summed E-state index contributed by atoms with van der Waals surface area (Å²) in [6.45, 7) is 0. The van der Waals surface area contributed by atoms with Gasteiger partial charge in [-0.1, -0.05) is 53.5 Å². The average molecular weight is 248 g/mol. The number of hydrogen-bond donors (Lipinski definition) is 0. The lowest BCUT2D eigenvalue weighted by atomic mass is 10.1. The number of rotatable bonds is 0. The third kappa shape index (κ3) is 1.36. The first-order valence-electron chi connectivity index (χ1n) is 4.90. The van der Waals surface area contributed by atoms with Crippen molar-refractivity contribution in [2.45, 2.75) is 0 Å². The molecule has 0 unspecified atom stereocenters. The highest BCUT2D eigenvalue weighted by atomic mass is 35.5. The van der Waals surface area contributed by atoms with Crippen LogP contribution in [0, 0.1) is 0 Å². The first-order chi connectivity index (χ1) is 7.77. The van der Waals surface area contributed by atoms with Crippen LogP contribution in [0.3, 0.4) is 0 Å². The van der Waals surface area contributed by atoms with Gasteiger partial charge < -0.3 is 0 Å². The molecule has 0 N–H and O–H groups in total. The molecule has 1 nitrogen and oxygen atoms in total. The van der Waals surface area contributed by atoms with E-state index in [2.05, 4.69) is 4.98 Å². The molecule has 78 valence electrons. The Hall–Kier alpha value is -1.31. The SMILES string of the molecule is Clc1c2ccccc2nc2c(Cl)cccc12. The lowest BCUT2D eigenvalue weighted by Gasteiger charge is -2.05. The van der Waals surface area contributed by atoms with E-state index >= 15 is 0 Å². The minimum Gasteiger partial charge on any atom is -0.246 e. The number of pyridine rings is 1. The molecule has 1 aromatic heterocycles. The van der Waals surface area contributed by atoms with E-state index in [1.165, 1.54) is 0 Å². The van der Waals surface area contributed by atoms with E-state index in [4.69, 9.17) is 23.2 Å². The second kappa shape index (κ2) is 3.62. The van der Waals surface area contributed by atoms with E-state index in [0.29, 0.717) is 10.0 Å². The Bertz CT molecular complexity index is 692. The summed E-state index contributed by atoms with van der Waals surface area (Å²) < 4.78 is 0. The standard InChI is InChI=1S/C13H7Cl2N/c14-10-6-3-5-9-12(15)8-4-1-2-7-11(8)16-13(9)10/h1-7H. The molecule has 0 spiro atoms. The quantitative estimate of drug-likeness (QED) is 0.525. The van der Waals surface area contributed by atoms with E-state index < -0.39 is 0 Å². The van der Waals surface area contributed by atoms with Gasteiger partial charge in [0.1, 0.15) is 0 Å². The van der Waals surface area contributed by atoms with Gasteiger partial charge in [0.05, 0.1) is 21.1 Å². The van der Waals surface area contributed by atoms with Crippen LogP contribution in [0.2, 0.25) is 10.0 Å². The van der Waals surface area contributed by atoms with Gasteiger partial charge in [-0.15, -0.1) is 0 Å². The number of nitrogens with zero attached hydrogens (tertiary/aromatic N) is 1. The maximum atomic E-state index is 6.35. The van der Waals surface area contributed by atoms with Crippen LogP contribution in [-0.4, -0.2) is 4.98 Å². The summed E-state index contributed by atoms with van der Waals surface area (Å²) in [5.41, 5.74) is 1.63. The van der Waals surface area contributed by atoms with Crippen LogP contribution >= 0.6 is 23.2 Å². The topological polar surface area (TPSA) is 12.9 Å². The number of para-hydroxylation sites is 2. The van der Waals surface area contributed by atoms with Gasteiger partial charge in [0.2, 0.25) is 0 Å². The number of benzene rings is 2. The summed E-state index contributed by atoms with van der Waals surface area (Å²) in [5.74, 6) is 0. The molecule has 2 aromatic carbocycles. The minimum atomic E-state index is 0.630. The maximum Gasteiger partial charge on any atom is 0.0910 e. The summed E-state index contributed by atoms with van der Waals surface area (Å²) in [5, 5.41) is 3.19. The largest absolute Gasteiger partial charge is 0.246 e. The second-order valence-electron chi connectivity index (χ2n) is 3.58. The molecule has 0 amide bonds. The van der Waals surface area contributed by atoms with Gasteiger partial charge in [-0.25, -0.2) is 4.98 Å². The van der Waals surface area contributed by atoms with E-state index in [9.17, 15) is 0 Å². The Morgan fingerprint density at radius 2 is 1.56 bits per heavy atom. The van der Waals surface area contributed by atoms with Crippen LogP contribution in [0.5, 0.6) is 0 Å². The third-order valence-electron chi connectivity index (χ3n) is 2.60. The first-order valence-corrected chi connectivity index (χ1v) is 5.65. The summed E-state index contributed by atoms with van der Waals surface area (Å²) in [6.07, 6.45) is 0. The average Bonchev–Trinajstić information content (AvgIpc) is 2.31. The monoisotopic (exact) mass is 247 g/mol. The van der Waals surface area contributed by atoms with Gasteiger partial charge in [0.25, 0.3) is 0 Å². The van der Waals surface area contributed by atoms with E-state index in [1.807, 2.05) is 42.5 Å². The highest BCUT2D eigenvalue weighted by Gasteiger charge is 2.08. The minimum absolute atomic E-state index is 0.630. The van der Waals surface area contributed by atoms with Gasteiger partial charge in [0, 0.05) is 10.8 Å². The smallest absolute Gasteiger partial charge is 0.0910 e. The van der Waals surface area contributed by atoms with Crippen molar-refractivity contribution in [3.05, 3.63) is 52.5 Å². The third-order valence-corrected chi connectivity index (χ3v) is 3.31. The molecule has 0 aliphatic carbocycles. The Morgan fingerprint density at radius 1 is 0.812 bits per heavy atom. The molecule has 0 aliphatic rings. The fourth-order valence-electron chi connectivity index (χ4n) is 1.83. The predicted octanol–water partition coefficient (Wildman–Crippen LogP) is 4.69. The lowest BCUT2D eigenvalue weighted by molar-refractivity contribution is 1.50. The fourth-order valence-corrected chi connectivity index (χ4v) is 2.36. The second-order valence-corrected chi connectivity index (χ2v) is 4.36. The van der Waals surface area contributed by atoms with Crippen LogP contribution < -0.4 is 0 Å².